The Kier molecular flexibility index (Phi) is 10.4. The molecule has 1 unspecified atom stereocenters. The van der Waals surface area contributed by atoms with Gasteiger partial charge in [-0.05, 0) is 31.0 Å². The fraction of sp³-hybridized carbons (Fsp3) is 0.250. The van der Waals surface area contributed by atoms with Gasteiger partial charge in [-0.3, -0.25) is 29.8 Å². The monoisotopic (exact) mass is 549 g/mol. The third-order valence-electron chi connectivity index (χ3n) is 5.84. The summed E-state index contributed by atoms with van der Waals surface area (Å²) < 4.78 is 10.4. The average molecular weight is 550 g/mol. The number of benzene rings is 3. The number of non-ortho nitro benzene ring substituents is 1. The molecule has 0 saturated carbocycles. The quantitative estimate of drug-likeness (QED) is 0.0917. The Morgan fingerprint density at radius 3 is 1.93 bits per heavy atom. The first-order chi connectivity index (χ1) is 19.3. The van der Waals surface area contributed by atoms with Crippen LogP contribution in [0, 0.1) is 26.1 Å². The van der Waals surface area contributed by atoms with Gasteiger partial charge in [-0.2, -0.15) is 0 Å². The summed E-state index contributed by atoms with van der Waals surface area (Å²) >= 11 is 0. The van der Waals surface area contributed by atoms with Gasteiger partial charge in [0.1, 0.15) is 0 Å². The molecule has 0 amide bonds. The highest BCUT2D eigenvalue weighted by molar-refractivity contribution is 6.03. The number of hydrogen-bond donors (Lipinski definition) is 0. The Balaban J connectivity index is 2.12. The predicted molar refractivity (Wildman–Crippen MR) is 144 cm³/mol. The SMILES string of the molecule is CCOC(=O)C(C(=O)OCC)C(C/C(=N/Oc1ccc([N+](=O)[O-])cc1[N+](=O)[O-])c1ccccc1)c1ccccc1. The minimum Gasteiger partial charge on any atom is -0.465 e. The molecule has 0 bridgehead atoms. The molecular formula is C28H27N3O9. The number of carbonyl (C=O) groups excluding carboxylic acids is 2. The molecule has 40 heavy (non-hydrogen) atoms. The zero-order chi connectivity index (χ0) is 29.1. The van der Waals surface area contributed by atoms with Crippen molar-refractivity contribution in [1.29, 1.82) is 0 Å². The number of nitro groups is 2. The second kappa shape index (κ2) is 14.1. The highest BCUT2D eigenvalue weighted by Gasteiger charge is 2.39. The Bertz CT molecular complexity index is 1360. The molecule has 0 saturated heterocycles. The average Bonchev–Trinajstić information content (AvgIpc) is 2.95. The lowest BCUT2D eigenvalue weighted by molar-refractivity contribution is -0.394. The summed E-state index contributed by atoms with van der Waals surface area (Å²) in [4.78, 5) is 52.7. The molecule has 1 atom stereocenters. The van der Waals surface area contributed by atoms with Crippen molar-refractivity contribution in [2.45, 2.75) is 26.2 Å². The van der Waals surface area contributed by atoms with E-state index in [9.17, 15) is 29.8 Å². The first-order valence-corrected chi connectivity index (χ1v) is 12.4. The normalized spacial score (nSPS) is 11.9. The second-order valence-corrected chi connectivity index (χ2v) is 8.36. The Morgan fingerprint density at radius 1 is 0.825 bits per heavy atom. The molecule has 3 aromatic carbocycles. The minimum absolute atomic E-state index is 0.0307. The summed E-state index contributed by atoms with van der Waals surface area (Å²) in [6.45, 7) is 3.34. The number of carbonyl (C=O) groups is 2. The van der Waals surface area contributed by atoms with Gasteiger partial charge < -0.3 is 14.3 Å². The van der Waals surface area contributed by atoms with Crippen molar-refractivity contribution in [3.8, 4) is 5.75 Å². The van der Waals surface area contributed by atoms with Gasteiger partial charge in [0.05, 0.1) is 34.8 Å². The third-order valence-corrected chi connectivity index (χ3v) is 5.84. The van der Waals surface area contributed by atoms with Crippen molar-refractivity contribution in [2.24, 2.45) is 11.1 Å². The Labute approximate surface area is 229 Å². The van der Waals surface area contributed by atoms with Gasteiger partial charge in [0, 0.05) is 18.4 Å². The maximum Gasteiger partial charge on any atom is 0.321 e. The maximum absolute atomic E-state index is 13.1. The van der Waals surface area contributed by atoms with Crippen molar-refractivity contribution >= 4 is 29.0 Å². The van der Waals surface area contributed by atoms with E-state index in [1.54, 1.807) is 74.5 Å². The summed E-state index contributed by atoms with van der Waals surface area (Å²) in [6, 6.07) is 20.4. The number of nitrogens with zero attached hydrogens (tertiary/aromatic N) is 3. The smallest absolute Gasteiger partial charge is 0.321 e. The number of nitro benzene ring substituents is 2. The van der Waals surface area contributed by atoms with Crippen molar-refractivity contribution < 1.29 is 33.7 Å². The molecular weight excluding hydrogens is 522 g/mol. The molecule has 12 nitrogen and oxygen atoms in total. The minimum atomic E-state index is -1.34. The molecule has 3 aromatic rings. The number of ether oxygens (including phenoxy) is 2. The first kappa shape index (κ1) is 29.4. The molecule has 0 radical (unpaired) electrons. The Hall–Kier alpha value is -5.13. The highest BCUT2D eigenvalue weighted by atomic mass is 16.7. The van der Waals surface area contributed by atoms with Crippen molar-refractivity contribution in [3.05, 3.63) is 110 Å². The fourth-order valence-corrected chi connectivity index (χ4v) is 4.01. The van der Waals surface area contributed by atoms with E-state index in [-0.39, 0.29) is 31.1 Å². The van der Waals surface area contributed by atoms with E-state index >= 15 is 0 Å². The molecule has 0 aromatic heterocycles. The van der Waals surface area contributed by atoms with Crippen molar-refractivity contribution in [3.63, 3.8) is 0 Å². The number of rotatable bonds is 13. The zero-order valence-electron chi connectivity index (χ0n) is 21.8. The lowest BCUT2D eigenvalue weighted by atomic mass is 9.81. The zero-order valence-corrected chi connectivity index (χ0v) is 21.8. The summed E-state index contributed by atoms with van der Waals surface area (Å²) in [5.74, 6) is -4.02. The lowest BCUT2D eigenvalue weighted by Gasteiger charge is -2.25. The molecule has 0 spiro atoms. The van der Waals surface area contributed by atoms with E-state index in [4.69, 9.17) is 14.3 Å². The van der Waals surface area contributed by atoms with Crippen LogP contribution in [0.2, 0.25) is 0 Å². The molecule has 0 aliphatic rings. The number of esters is 2. The van der Waals surface area contributed by atoms with Crippen molar-refractivity contribution in [1.82, 2.24) is 0 Å². The molecule has 0 fully saturated rings. The largest absolute Gasteiger partial charge is 0.465 e. The van der Waals surface area contributed by atoms with Crippen LogP contribution < -0.4 is 4.84 Å². The Morgan fingerprint density at radius 2 is 1.40 bits per heavy atom. The van der Waals surface area contributed by atoms with Gasteiger partial charge in [0.15, 0.2) is 5.92 Å². The molecule has 0 aliphatic heterocycles. The van der Waals surface area contributed by atoms with E-state index in [1.165, 1.54) is 0 Å². The van der Waals surface area contributed by atoms with Gasteiger partial charge >= 0.3 is 17.6 Å². The highest BCUT2D eigenvalue weighted by Crippen LogP contribution is 2.34. The van der Waals surface area contributed by atoms with Crippen LogP contribution in [-0.4, -0.2) is 40.7 Å². The van der Waals surface area contributed by atoms with Crippen LogP contribution >= 0.6 is 0 Å². The topological polar surface area (TPSA) is 160 Å². The second-order valence-electron chi connectivity index (χ2n) is 8.36. The molecule has 0 heterocycles. The van der Waals surface area contributed by atoms with E-state index in [0.29, 0.717) is 11.1 Å². The van der Waals surface area contributed by atoms with Crippen LogP contribution in [0.3, 0.4) is 0 Å². The molecule has 0 N–H and O–H groups in total. The van der Waals surface area contributed by atoms with Gasteiger partial charge in [0.2, 0.25) is 5.75 Å². The summed E-state index contributed by atoms with van der Waals surface area (Å²) in [5.41, 5.74) is 0.293. The van der Waals surface area contributed by atoms with E-state index in [0.717, 1.165) is 18.2 Å². The standard InChI is InChI=1S/C28H27N3O9/c1-3-38-27(32)26(28(33)39-4-2)22(19-11-7-5-8-12-19)18-23(20-13-9-6-10-14-20)29-40-25-16-15-21(30(34)35)17-24(25)31(36)37/h5-17,22,26H,3-4,18H2,1-2H3/b29-23-. The molecule has 12 heteroatoms. The van der Waals surface area contributed by atoms with Gasteiger partial charge in [0.25, 0.3) is 5.69 Å². The first-order valence-electron chi connectivity index (χ1n) is 12.4. The molecule has 3 rings (SSSR count). The predicted octanol–water partition coefficient (Wildman–Crippen LogP) is 5.20. The van der Waals surface area contributed by atoms with Crippen LogP contribution in [0.5, 0.6) is 5.75 Å². The summed E-state index contributed by atoms with van der Waals surface area (Å²) in [5, 5.41) is 26.9. The van der Waals surface area contributed by atoms with Crippen molar-refractivity contribution in [2.75, 3.05) is 13.2 Å². The summed E-state index contributed by atoms with van der Waals surface area (Å²) in [6.07, 6.45) is -0.0307. The fourth-order valence-electron chi connectivity index (χ4n) is 4.01. The van der Waals surface area contributed by atoms with E-state index < -0.39 is 45.0 Å². The van der Waals surface area contributed by atoms with Crippen LogP contribution in [0.15, 0.2) is 84.0 Å². The van der Waals surface area contributed by atoms with E-state index in [2.05, 4.69) is 5.16 Å². The maximum atomic E-state index is 13.1. The lowest BCUT2D eigenvalue weighted by Crippen LogP contribution is -2.34. The number of oxime groups is 1. The van der Waals surface area contributed by atoms with Gasteiger partial charge in [-0.1, -0.05) is 65.8 Å². The summed E-state index contributed by atoms with van der Waals surface area (Å²) in [7, 11) is 0. The van der Waals surface area contributed by atoms with Crippen LogP contribution in [0.25, 0.3) is 0 Å². The van der Waals surface area contributed by atoms with E-state index in [1.807, 2.05) is 0 Å². The van der Waals surface area contributed by atoms with Crippen LogP contribution in [0.4, 0.5) is 11.4 Å². The van der Waals surface area contributed by atoms with Crippen LogP contribution in [-0.2, 0) is 19.1 Å². The van der Waals surface area contributed by atoms with Gasteiger partial charge in [-0.25, -0.2) is 0 Å². The van der Waals surface area contributed by atoms with Crippen LogP contribution in [0.1, 0.15) is 37.3 Å². The molecule has 0 aliphatic carbocycles. The van der Waals surface area contributed by atoms with Gasteiger partial charge in [-0.15, -0.1) is 0 Å². The number of hydrogen-bond acceptors (Lipinski definition) is 10. The molecule has 208 valence electrons. The third kappa shape index (κ3) is 7.47.